The van der Waals surface area contributed by atoms with Gasteiger partial charge in [-0.25, -0.2) is 4.39 Å². The van der Waals surface area contributed by atoms with Gasteiger partial charge in [0, 0.05) is 34.4 Å². The van der Waals surface area contributed by atoms with Gasteiger partial charge in [0.25, 0.3) is 5.56 Å². The van der Waals surface area contributed by atoms with Crippen LogP contribution in [0.1, 0.15) is 19.9 Å². The maximum Gasteiger partial charge on any atom is 0.258 e. The molecule has 1 N–H and O–H groups in total. The first-order chi connectivity index (χ1) is 15.9. The van der Waals surface area contributed by atoms with E-state index < -0.39 is 0 Å². The molecule has 5 nitrogen and oxygen atoms in total. The first-order valence-corrected chi connectivity index (χ1v) is 10.5. The van der Waals surface area contributed by atoms with Gasteiger partial charge in [-0.1, -0.05) is 24.8 Å². The highest BCUT2D eigenvalue weighted by molar-refractivity contribution is 6.01. The molecule has 0 bridgehead atoms. The Labute approximate surface area is 190 Å². The molecular formula is C27H23FN2O3. The van der Waals surface area contributed by atoms with Crippen molar-refractivity contribution in [3.8, 4) is 22.6 Å². The van der Waals surface area contributed by atoms with Crippen LogP contribution in [0.2, 0.25) is 0 Å². The lowest BCUT2D eigenvalue weighted by Crippen LogP contribution is -2.22. The average Bonchev–Trinajstić information content (AvgIpc) is 2.81. The van der Waals surface area contributed by atoms with Crippen molar-refractivity contribution in [2.24, 2.45) is 0 Å². The van der Waals surface area contributed by atoms with Crippen molar-refractivity contribution < 1.29 is 13.9 Å². The fourth-order valence-corrected chi connectivity index (χ4v) is 3.64. The van der Waals surface area contributed by atoms with E-state index in [1.54, 1.807) is 47.2 Å². The van der Waals surface area contributed by atoms with Gasteiger partial charge in [-0.2, -0.15) is 0 Å². The van der Waals surface area contributed by atoms with Crippen LogP contribution in [-0.2, 0) is 4.79 Å². The fourth-order valence-electron chi connectivity index (χ4n) is 3.64. The molecule has 0 atom stereocenters. The SMILES string of the molecule is C=CC(=O)Nc1ccc(Oc2ccc(F)cc2)c(-c2cn(C(C)C)c(=O)c3ccccc23)c1. The Morgan fingerprint density at radius 2 is 1.73 bits per heavy atom. The number of anilines is 1. The van der Waals surface area contributed by atoms with Crippen molar-refractivity contribution in [1.29, 1.82) is 0 Å². The predicted octanol–water partition coefficient (Wildman–Crippen LogP) is 6.31. The molecule has 0 aliphatic rings. The third-order valence-corrected chi connectivity index (χ3v) is 5.27. The number of carbonyl (C=O) groups is 1. The molecule has 4 rings (SSSR count). The molecule has 0 unspecified atom stereocenters. The van der Waals surface area contributed by atoms with Crippen LogP contribution in [0.25, 0.3) is 21.9 Å². The smallest absolute Gasteiger partial charge is 0.258 e. The van der Waals surface area contributed by atoms with Crippen LogP contribution < -0.4 is 15.6 Å². The number of aromatic nitrogens is 1. The number of ether oxygens (including phenoxy) is 1. The summed E-state index contributed by atoms with van der Waals surface area (Å²) in [4.78, 5) is 24.9. The zero-order chi connectivity index (χ0) is 23.5. The molecule has 0 aliphatic carbocycles. The second-order valence-electron chi connectivity index (χ2n) is 7.85. The van der Waals surface area contributed by atoms with Crippen molar-refractivity contribution in [3.05, 3.63) is 102 Å². The molecule has 0 spiro atoms. The third-order valence-electron chi connectivity index (χ3n) is 5.27. The molecule has 0 saturated heterocycles. The standard InChI is InChI=1S/C27H23FN2O3/c1-4-26(31)29-19-11-14-25(33-20-12-9-18(28)10-13-20)23(15-19)24-16-30(17(2)3)27(32)22-8-6-5-7-21(22)24/h4-17H,1H2,2-3H3,(H,29,31). The minimum Gasteiger partial charge on any atom is -0.457 e. The van der Waals surface area contributed by atoms with Crippen LogP contribution in [0.3, 0.4) is 0 Å². The minimum absolute atomic E-state index is 0.0639. The number of fused-ring (bicyclic) bond motifs is 1. The normalized spacial score (nSPS) is 10.9. The Balaban J connectivity index is 1.96. The highest BCUT2D eigenvalue weighted by Crippen LogP contribution is 2.38. The molecule has 1 amide bonds. The minimum atomic E-state index is -0.361. The van der Waals surface area contributed by atoms with Gasteiger partial charge < -0.3 is 14.6 Å². The fraction of sp³-hybridized carbons (Fsp3) is 0.111. The van der Waals surface area contributed by atoms with Crippen molar-refractivity contribution in [1.82, 2.24) is 4.57 Å². The van der Waals surface area contributed by atoms with E-state index in [9.17, 15) is 14.0 Å². The lowest BCUT2D eigenvalue weighted by Gasteiger charge is -2.18. The van der Waals surface area contributed by atoms with E-state index in [-0.39, 0.29) is 23.3 Å². The summed E-state index contributed by atoms with van der Waals surface area (Å²) in [5, 5.41) is 4.11. The summed E-state index contributed by atoms with van der Waals surface area (Å²) in [5.41, 5.74) is 1.91. The molecule has 3 aromatic carbocycles. The van der Waals surface area contributed by atoms with Gasteiger partial charge in [0.2, 0.25) is 5.91 Å². The molecule has 0 radical (unpaired) electrons. The molecular weight excluding hydrogens is 419 g/mol. The molecule has 0 aliphatic heterocycles. The van der Waals surface area contributed by atoms with Gasteiger partial charge in [-0.05, 0) is 73.8 Å². The zero-order valence-corrected chi connectivity index (χ0v) is 18.3. The lowest BCUT2D eigenvalue weighted by molar-refractivity contribution is -0.111. The maximum atomic E-state index is 13.4. The molecule has 1 heterocycles. The number of nitrogens with zero attached hydrogens (tertiary/aromatic N) is 1. The van der Waals surface area contributed by atoms with Gasteiger partial charge in [-0.15, -0.1) is 0 Å². The molecule has 166 valence electrons. The molecule has 33 heavy (non-hydrogen) atoms. The summed E-state index contributed by atoms with van der Waals surface area (Å²) in [6, 6.07) is 18.3. The Hall–Kier alpha value is -4.19. The molecule has 4 aromatic rings. The van der Waals surface area contributed by atoms with E-state index in [0.717, 1.165) is 10.9 Å². The first kappa shape index (κ1) is 22.0. The molecule has 0 fully saturated rings. The van der Waals surface area contributed by atoms with E-state index in [2.05, 4.69) is 11.9 Å². The number of hydrogen-bond acceptors (Lipinski definition) is 3. The van der Waals surface area contributed by atoms with Crippen molar-refractivity contribution >= 4 is 22.4 Å². The van der Waals surface area contributed by atoms with Gasteiger partial charge in [0.1, 0.15) is 17.3 Å². The largest absolute Gasteiger partial charge is 0.457 e. The van der Waals surface area contributed by atoms with Gasteiger partial charge >= 0.3 is 0 Å². The van der Waals surface area contributed by atoms with E-state index in [0.29, 0.717) is 28.1 Å². The Morgan fingerprint density at radius 3 is 2.39 bits per heavy atom. The summed E-state index contributed by atoms with van der Waals surface area (Å²) >= 11 is 0. The molecule has 0 saturated carbocycles. The van der Waals surface area contributed by atoms with E-state index >= 15 is 0 Å². The number of benzene rings is 3. The first-order valence-electron chi connectivity index (χ1n) is 10.5. The number of amides is 1. The van der Waals surface area contributed by atoms with Crippen LogP contribution in [0.5, 0.6) is 11.5 Å². The van der Waals surface area contributed by atoms with Gasteiger partial charge in [-0.3, -0.25) is 9.59 Å². The van der Waals surface area contributed by atoms with Crippen molar-refractivity contribution in [2.75, 3.05) is 5.32 Å². The number of rotatable bonds is 6. The van der Waals surface area contributed by atoms with Gasteiger partial charge in [0.05, 0.1) is 0 Å². The third kappa shape index (κ3) is 4.55. The predicted molar refractivity (Wildman–Crippen MR) is 129 cm³/mol. The number of halogens is 1. The van der Waals surface area contributed by atoms with E-state index in [1.165, 1.54) is 18.2 Å². The molecule has 1 aromatic heterocycles. The van der Waals surface area contributed by atoms with Crippen LogP contribution in [-0.4, -0.2) is 10.5 Å². The quantitative estimate of drug-likeness (QED) is 0.356. The van der Waals surface area contributed by atoms with E-state index in [1.807, 2.05) is 32.0 Å². The van der Waals surface area contributed by atoms with E-state index in [4.69, 9.17) is 4.74 Å². The maximum absolute atomic E-state index is 13.4. The Bertz CT molecular complexity index is 1410. The summed E-state index contributed by atoms with van der Waals surface area (Å²) < 4.78 is 21.1. The average molecular weight is 442 g/mol. The summed E-state index contributed by atoms with van der Waals surface area (Å²) in [7, 11) is 0. The Morgan fingerprint density at radius 1 is 1.03 bits per heavy atom. The van der Waals surface area contributed by atoms with Gasteiger partial charge in [0.15, 0.2) is 0 Å². The highest BCUT2D eigenvalue weighted by Gasteiger charge is 2.17. The Kier molecular flexibility index (Phi) is 6.09. The zero-order valence-electron chi connectivity index (χ0n) is 18.3. The monoisotopic (exact) mass is 442 g/mol. The number of hydrogen-bond donors (Lipinski definition) is 1. The number of carbonyl (C=O) groups excluding carboxylic acids is 1. The molecule has 6 heteroatoms. The van der Waals surface area contributed by atoms with Crippen molar-refractivity contribution in [3.63, 3.8) is 0 Å². The summed E-state index contributed by atoms with van der Waals surface area (Å²) in [5.74, 6) is 0.254. The topological polar surface area (TPSA) is 60.3 Å². The summed E-state index contributed by atoms with van der Waals surface area (Å²) in [6.07, 6.45) is 3.00. The lowest BCUT2D eigenvalue weighted by atomic mass is 9.98. The second kappa shape index (κ2) is 9.12. The van der Waals surface area contributed by atoms with Crippen LogP contribution in [0.15, 0.2) is 90.4 Å². The highest BCUT2D eigenvalue weighted by atomic mass is 19.1. The number of nitrogens with one attached hydrogen (secondary N) is 1. The number of pyridine rings is 1. The second-order valence-corrected chi connectivity index (χ2v) is 7.85. The van der Waals surface area contributed by atoms with Crippen LogP contribution in [0.4, 0.5) is 10.1 Å². The van der Waals surface area contributed by atoms with Crippen molar-refractivity contribution in [2.45, 2.75) is 19.9 Å². The van der Waals surface area contributed by atoms with Crippen LogP contribution in [0, 0.1) is 5.82 Å². The summed E-state index contributed by atoms with van der Waals surface area (Å²) in [6.45, 7) is 7.38. The van der Waals surface area contributed by atoms with Crippen LogP contribution >= 0.6 is 0 Å².